The lowest BCUT2D eigenvalue weighted by Gasteiger charge is -2.15. The molecule has 2 aliphatic rings. The zero-order valence-corrected chi connectivity index (χ0v) is 39.1. The molecular formula is C46H59N17O4S. The maximum Gasteiger partial charge on any atom is 0.259 e. The molecule has 0 unspecified atom stereocenters. The monoisotopic (exact) mass is 945 g/mol. The number of aryl methyl sites for hydroxylation is 1. The summed E-state index contributed by atoms with van der Waals surface area (Å²) in [5.74, 6) is 2.62. The Labute approximate surface area is 394 Å². The van der Waals surface area contributed by atoms with Crippen molar-refractivity contribution in [3.63, 3.8) is 0 Å². The standard InChI is InChI=1S/C23H28N8O.C14H23N3.C9H8N6O3S/c24-21-27-22(28-23-26-20(29-31(21)23)19-6-4-16-32-19)25-12-11-18-9-7-17(8-10-18)5-3-15-30-13-1-2-14-30;15-8-7-13-3-5-14(6-4-13)16-9-12-17-10-1-2-11-17;1-19(16,17)9-12-7(10)15-8(13-9)11-6(14-15)5-3-2-4-18-5/h4,6-10,16H,1-3,5,11-15H2,(H3,24,25,26,27,28,29);3-6,16H,1-2,7-12,15H2;2-4H,1H3,(H2,10,11,12,13,14). The lowest BCUT2D eigenvalue weighted by atomic mass is 10.1. The van der Waals surface area contributed by atoms with Gasteiger partial charge in [-0.15, -0.1) is 10.2 Å². The third kappa shape index (κ3) is 12.9. The minimum Gasteiger partial charge on any atom is -0.461 e. The summed E-state index contributed by atoms with van der Waals surface area (Å²) >= 11 is 0. The van der Waals surface area contributed by atoms with Crippen LogP contribution >= 0.6 is 0 Å². The normalized spacial score (nSPS) is 14.2. The number of benzene rings is 2. The van der Waals surface area contributed by atoms with Crippen molar-refractivity contribution < 1.29 is 17.3 Å². The molecule has 10 rings (SSSR count). The SMILES string of the molecule is CS(=O)(=O)c1nc(N)n2nc(-c3ccco3)nc2n1.NCCc1ccc(NCCN2CCCC2)cc1.Nc1nc(NCCc2ccc(CCCN3CCCC3)cc2)nc2nc(-c3ccco3)nn12. The van der Waals surface area contributed by atoms with Crippen LogP contribution < -0.4 is 27.8 Å². The van der Waals surface area contributed by atoms with Crippen molar-refractivity contribution >= 4 is 44.9 Å². The van der Waals surface area contributed by atoms with Crippen molar-refractivity contribution in [2.75, 3.05) is 87.3 Å². The summed E-state index contributed by atoms with van der Waals surface area (Å²) in [4.78, 5) is 29.7. The van der Waals surface area contributed by atoms with Gasteiger partial charge in [-0.3, -0.25) is 0 Å². The molecule has 8 heterocycles. The minimum absolute atomic E-state index is 0.0410. The lowest BCUT2D eigenvalue weighted by Crippen LogP contribution is -2.25. The second-order valence-electron chi connectivity index (χ2n) is 16.6. The molecular weight excluding hydrogens is 887 g/mol. The molecule has 0 bridgehead atoms. The Kier molecular flexibility index (Phi) is 15.8. The Bertz CT molecular complexity index is 2910. The average molecular weight is 946 g/mol. The molecule has 8 N–H and O–H groups in total. The number of nitrogens with zero attached hydrogens (tertiary/aromatic N) is 12. The fourth-order valence-corrected chi connectivity index (χ4v) is 8.39. The number of anilines is 4. The van der Waals surface area contributed by atoms with Crippen LogP contribution in [0.4, 0.5) is 23.5 Å². The maximum atomic E-state index is 11.4. The number of nitrogen functional groups attached to an aromatic ring is 2. The van der Waals surface area contributed by atoms with Crippen molar-refractivity contribution in [3.05, 3.63) is 102 Å². The van der Waals surface area contributed by atoms with Crippen molar-refractivity contribution in [2.24, 2.45) is 5.73 Å². The number of hydrogen-bond acceptors (Lipinski definition) is 19. The number of furan rings is 2. The molecule has 0 radical (unpaired) electrons. The number of likely N-dealkylation sites (tertiary alicyclic amines) is 2. The number of fused-ring (bicyclic) bond motifs is 2. The summed E-state index contributed by atoms with van der Waals surface area (Å²) in [6, 6.07) is 24.4. The molecule has 2 fully saturated rings. The van der Waals surface area contributed by atoms with Crippen LogP contribution in [0.15, 0.2) is 99.3 Å². The van der Waals surface area contributed by atoms with Gasteiger partial charge in [0.2, 0.25) is 39.3 Å². The van der Waals surface area contributed by atoms with Gasteiger partial charge >= 0.3 is 0 Å². The molecule has 0 amide bonds. The van der Waals surface area contributed by atoms with Gasteiger partial charge in [-0.05, 0) is 144 Å². The van der Waals surface area contributed by atoms with Gasteiger partial charge < -0.3 is 46.5 Å². The number of aromatic nitrogens is 10. The Morgan fingerprint density at radius 2 is 1.13 bits per heavy atom. The highest BCUT2D eigenvalue weighted by atomic mass is 32.2. The summed E-state index contributed by atoms with van der Waals surface area (Å²) in [5.41, 5.74) is 22.4. The van der Waals surface area contributed by atoms with Gasteiger partial charge in [0, 0.05) is 31.6 Å². The van der Waals surface area contributed by atoms with Crippen LogP contribution in [0.5, 0.6) is 0 Å². The Balaban J connectivity index is 0.000000148. The zero-order chi connectivity index (χ0) is 47.3. The van der Waals surface area contributed by atoms with E-state index in [1.54, 1.807) is 30.5 Å². The van der Waals surface area contributed by atoms with Crippen molar-refractivity contribution in [2.45, 2.75) is 56.5 Å². The molecule has 22 heteroatoms. The number of rotatable bonds is 17. The van der Waals surface area contributed by atoms with Crippen molar-refractivity contribution in [3.8, 4) is 23.2 Å². The van der Waals surface area contributed by atoms with Crippen molar-refractivity contribution in [1.82, 2.24) is 58.9 Å². The average Bonchev–Trinajstić information content (AvgIpc) is 4.18. The topological polar surface area (TPSA) is 281 Å². The van der Waals surface area contributed by atoms with Gasteiger partial charge in [0.1, 0.15) is 0 Å². The number of nitrogens with one attached hydrogen (secondary N) is 2. The zero-order valence-electron chi connectivity index (χ0n) is 38.2. The summed E-state index contributed by atoms with van der Waals surface area (Å²) in [5, 5.41) is 14.7. The van der Waals surface area contributed by atoms with Gasteiger partial charge in [-0.25, -0.2) is 8.42 Å². The Morgan fingerprint density at radius 3 is 1.69 bits per heavy atom. The summed E-state index contributed by atoms with van der Waals surface area (Å²) in [6.07, 6.45) is 13.7. The number of nitrogens with two attached hydrogens (primary N) is 3. The molecule has 8 aromatic rings. The van der Waals surface area contributed by atoms with E-state index in [0.717, 1.165) is 49.7 Å². The van der Waals surface area contributed by atoms with Crippen LogP contribution in [-0.4, -0.2) is 133 Å². The van der Waals surface area contributed by atoms with Gasteiger partial charge in [0.05, 0.1) is 12.5 Å². The first-order chi connectivity index (χ1) is 33.1. The predicted molar refractivity (Wildman–Crippen MR) is 260 cm³/mol. The van der Waals surface area contributed by atoms with Crippen molar-refractivity contribution in [1.29, 1.82) is 0 Å². The molecule has 0 saturated carbocycles. The van der Waals surface area contributed by atoms with E-state index in [2.05, 4.69) is 109 Å². The lowest BCUT2D eigenvalue weighted by molar-refractivity contribution is 0.334. The van der Waals surface area contributed by atoms with E-state index in [0.29, 0.717) is 35.6 Å². The first-order valence-electron chi connectivity index (χ1n) is 23.0. The molecule has 0 spiro atoms. The molecule has 2 saturated heterocycles. The smallest absolute Gasteiger partial charge is 0.259 e. The Hall–Kier alpha value is -7.01. The quantitative estimate of drug-likeness (QED) is 0.0840. The Morgan fingerprint density at radius 1 is 0.603 bits per heavy atom. The maximum absolute atomic E-state index is 11.4. The molecule has 0 atom stereocenters. The van der Waals surface area contributed by atoms with Gasteiger partial charge in [-0.1, -0.05) is 36.4 Å². The summed E-state index contributed by atoms with van der Waals surface area (Å²) in [6.45, 7) is 9.93. The van der Waals surface area contributed by atoms with Crippen LogP contribution in [0.1, 0.15) is 48.8 Å². The van der Waals surface area contributed by atoms with Crippen LogP contribution in [-0.2, 0) is 29.1 Å². The third-order valence-electron chi connectivity index (χ3n) is 11.5. The summed E-state index contributed by atoms with van der Waals surface area (Å²) in [7, 11) is -3.57. The first-order valence-corrected chi connectivity index (χ1v) is 24.8. The van der Waals surface area contributed by atoms with E-state index >= 15 is 0 Å². The molecule has 0 aliphatic carbocycles. The molecule has 2 aliphatic heterocycles. The minimum atomic E-state index is -3.57. The predicted octanol–water partition coefficient (Wildman–Crippen LogP) is 4.51. The second-order valence-corrected chi connectivity index (χ2v) is 18.6. The van der Waals surface area contributed by atoms with Gasteiger partial charge in [0.15, 0.2) is 11.5 Å². The third-order valence-corrected chi connectivity index (χ3v) is 12.3. The van der Waals surface area contributed by atoms with E-state index in [1.165, 1.54) is 98.0 Å². The van der Waals surface area contributed by atoms with Gasteiger partial charge in [-0.2, -0.15) is 38.9 Å². The molecule has 21 nitrogen and oxygen atoms in total. The van der Waals surface area contributed by atoms with E-state index in [4.69, 9.17) is 26.0 Å². The van der Waals surface area contributed by atoms with E-state index in [1.807, 2.05) is 0 Å². The number of sulfone groups is 1. The van der Waals surface area contributed by atoms with E-state index in [9.17, 15) is 8.42 Å². The van der Waals surface area contributed by atoms with Gasteiger partial charge in [0.25, 0.3) is 16.7 Å². The van der Waals surface area contributed by atoms with Crippen LogP contribution in [0, 0.1) is 0 Å². The van der Waals surface area contributed by atoms with Crippen LogP contribution in [0.3, 0.4) is 0 Å². The van der Waals surface area contributed by atoms with E-state index < -0.39 is 15.0 Å². The molecule has 68 heavy (non-hydrogen) atoms. The van der Waals surface area contributed by atoms with Crippen LogP contribution in [0.2, 0.25) is 0 Å². The fourth-order valence-electron chi connectivity index (χ4n) is 7.88. The number of hydrogen-bond donors (Lipinski definition) is 5. The fraction of sp³-hybridized carbons (Fsp3) is 0.391. The second kappa shape index (κ2) is 22.7. The first kappa shape index (κ1) is 47.5. The highest BCUT2D eigenvalue weighted by Crippen LogP contribution is 2.20. The van der Waals surface area contributed by atoms with Crippen LogP contribution in [0.25, 0.3) is 34.7 Å². The van der Waals surface area contributed by atoms with E-state index in [-0.39, 0.29) is 23.5 Å². The highest BCUT2D eigenvalue weighted by molar-refractivity contribution is 7.90. The molecule has 358 valence electrons. The molecule has 2 aromatic carbocycles. The molecule has 6 aromatic heterocycles. The highest BCUT2D eigenvalue weighted by Gasteiger charge is 2.19. The summed E-state index contributed by atoms with van der Waals surface area (Å²) < 4.78 is 35.9. The largest absolute Gasteiger partial charge is 0.461 e.